The number of aliphatic hydroxyl groups is 2. The molecule has 0 saturated heterocycles. The van der Waals surface area contributed by atoms with Crippen LogP contribution in [0.25, 0.3) is 0 Å². The normalized spacial score (nSPS) is 14.1. The van der Waals surface area contributed by atoms with Crippen molar-refractivity contribution in [3.05, 3.63) is 0 Å². The third kappa shape index (κ3) is 7.90. The Morgan fingerprint density at radius 2 is 1.60 bits per heavy atom. The molecule has 0 aliphatic carbocycles. The third-order valence-electron chi connectivity index (χ3n) is 1.56. The molecule has 88 valence electrons. The van der Waals surface area contributed by atoms with Gasteiger partial charge in [0.2, 0.25) is 0 Å². The summed E-state index contributed by atoms with van der Waals surface area (Å²) >= 11 is 0. The highest BCUT2D eigenvalue weighted by molar-refractivity contribution is 5.73. The van der Waals surface area contributed by atoms with Gasteiger partial charge in [-0.05, 0) is 13.3 Å². The first-order chi connectivity index (χ1) is 6.95. The molecule has 0 aromatic carbocycles. The van der Waals surface area contributed by atoms with E-state index in [-0.39, 0.29) is 12.8 Å². The van der Waals surface area contributed by atoms with E-state index < -0.39 is 24.1 Å². The van der Waals surface area contributed by atoms with Crippen molar-refractivity contribution in [3.8, 4) is 0 Å². The maximum Gasteiger partial charge on any atom is 0.358 e. The van der Waals surface area contributed by atoms with Crippen molar-refractivity contribution >= 4 is 11.9 Å². The lowest BCUT2D eigenvalue weighted by Crippen LogP contribution is -2.19. The Bertz CT molecular complexity index is 213. The van der Waals surface area contributed by atoms with Crippen molar-refractivity contribution in [3.63, 3.8) is 0 Å². The molecule has 0 aromatic rings. The number of hydrogen-bond donors (Lipinski definition) is 2. The summed E-state index contributed by atoms with van der Waals surface area (Å²) in [5, 5.41) is 17.8. The topological polar surface area (TPSA) is 93.1 Å². The molecule has 2 atom stereocenters. The number of carbonyl (C=O) groups excluding carboxylic acids is 2. The van der Waals surface area contributed by atoms with Crippen LogP contribution in [0.2, 0.25) is 0 Å². The maximum atomic E-state index is 10.9. The van der Waals surface area contributed by atoms with Crippen LogP contribution in [0.1, 0.15) is 33.1 Å². The second kappa shape index (κ2) is 7.19. The Balaban J connectivity index is 3.66. The second-order valence-corrected chi connectivity index (χ2v) is 3.23. The van der Waals surface area contributed by atoms with Crippen LogP contribution in [0, 0.1) is 0 Å². The minimum absolute atomic E-state index is 0.224. The molecule has 0 heterocycles. The van der Waals surface area contributed by atoms with Crippen molar-refractivity contribution in [2.45, 2.75) is 45.3 Å². The van der Waals surface area contributed by atoms with Crippen molar-refractivity contribution in [2.24, 2.45) is 0 Å². The molecule has 15 heavy (non-hydrogen) atoms. The van der Waals surface area contributed by atoms with Crippen molar-refractivity contribution in [1.82, 2.24) is 0 Å². The fourth-order valence-electron chi connectivity index (χ4n) is 0.739. The zero-order chi connectivity index (χ0) is 11.8. The monoisotopic (exact) mass is 220 g/mol. The SMILES string of the molecule is CCC(O)CC(=O)OOC(=O)CC(C)O. The lowest BCUT2D eigenvalue weighted by Gasteiger charge is -2.06. The van der Waals surface area contributed by atoms with E-state index in [9.17, 15) is 9.59 Å². The molecular weight excluding hydrogens is 204 g/mol. The lowest BCUT2D eigenvalue weighted by atomic mass is 10.2. The fraction of sp³-hybridized carbons (Fsp3) is 0.778. The summed E-state index contributed by atoms with van der Waals surface area (Å²) in [7, 11) is 0. The molecule has 2 unspecified atom stereocenters. The maximum absolute atomic E-state index is 10.9. The van der Waals surface area contributed by atoms with Gasteiger partial charge in [-0.3, -0.25) is 0 Å². The Morgan fingerprint density at radius 1 is 1.13 bits per heavy atom. The molecule has 2 N–H and O–H groups in total. The Kier molecular flexibility index (Phi) is 6.64. The zero-order valence-corrected chi connectivity index (χ0v) is 8.80. The molecule has 6 heteroatoms. The molecule has 6 nitrogen and oxygen atoms in total. The smallest absolute Gasteiger partial charge is 0.358 e. The molecule has 0 saturated carbocycles. The van der Waals surface area contributed by atoms with Gasteiger partial charge in [-0.2, -0.15) is 0 Å². The number of carbonyl (C=O) groups is 2. The average Bonchev–Trinajstić information content (AvgIpc) is 2.13. The van der Waals surface area contributed by atoms with Crippen LogP contribution in [0.3, 0.4) is 0 Å². The van der Waals surface area contributed by atoms with Crippen LogP contribution in [-0.2, 0) is 19.4 Å². The predicted octanol–water partition coefficient (Wildman–Crippen LogP) is -0.0803. The number of rotatable bonds is 5. The van der Waals surface area contributed by atoms with Crippen LogP contribution < -0.4 is 0 Å². The Hall–Kier alpha value is -1.14. The van der Waals surface area contributed by atoms with Gasteiger partial charge >= 0.3 is 11.9 Å². The van der Waals surface area contributed by atoms with Crippen molar-refractivity contribution < 1.29 is 29.6 Å². The van der Waals surface area contributed by atoms with Crippen LogP contribution in [0.15, 0.2) is 0 Å². The fourth-order valence-corrected chi connectivity index (χ4v) is 0.739. The van der Waals surface area contributed by atoms with Gasteiger partial charge in [0, 0.05) is 0 Å². The quantitative estimate of drug-likeness (QED) is 0.497. The molecule has 0 aliphatic rings. The first-order valence-electron chi connectivity index (χ1n) is 4.72. The molecule has 0 rings (SSSR count). The third-order valence-corrected chi connectivity index (χ3v) is 1.56. The van der Waals surface area contributed by atoms with E-state index in [0.717, 1.165) is 0 Å². The minimum Gasteiger partial charge on any atom is -0.393 e. The van der Waals surface area contributed by atoms with E-state index in [1.807, 2.05) is 0 Å². The van der Waals surface area contributed by atoms with Crippen LogP contribution in [0.5, 0.6) is 0 Å². The Labute approximate surface area is 87.7 Å². The first-order valence-corrected chi connectivity index (χ1v) is 4.72. The lowest BCUT2D eigenvalue weighted by molar-refractivity contribution is -0.261. The van der Waals surface area contributed by atoms with E-state index >= 15 is 0 Å². The summed E-state index contributed by atoms with van der Waals surface area (Å²) in [5.41, 5.74) is 0. The standard InChI is InChI=1S/C9H16O6/c1-3-7(11)5-9(13)15-14-8(12)4-6(2)10/h6-7,10-11H,3-5H2,1-2H3. The van der Waals surface area contributed by atoms with Crippen LogP contribution >= 0.6 is 0 Å². The average molecular weight is 220 g/mol. The van der Waals surface area contributed by atoms with E-state index in [1.54, 1.807) is 6.92 Å². The summed E-state index contributed by atoms with van der Waals surface area (Å²) in [6.07, 6.45) is -1.70. The second-order valence-electron chi connectivity index (χ2n) is 3.23. The summed E-state index contributed by atoms with van der Waals surface area (Å²) in [4.78, 5) is 29.9. The summed E-state index contributed by atoms with van der Waals surface area (Å²) in [6, 6.07) is 0. The highest BCUT2D eigenvalue weighted by atomic mass is 17.2. The van der Waals surface area contributed by atoms with E-state index in [2.05, 4.69) is 9.78 Å². The van der Waals surface area contributed by atoms with Gasteiger partial charge in [0.05, 0.1) is 25.0 Å². The highest BCUT2D eigenvalue weighted by Gasteiger charge is 2.14. The van der Waals surface area contributed by atoms with Crippen LogP contribution in [0.4, 0.5) is 0 Å². The van der Waals surface area contributed by atoms with Crippen LogP contribution in [-0.4, -0.2) is 34.4 Å². The van der Waals surface area contributed by atoms with Gasteiger partial charge in [0.1, 0.15) is 0 Å². The molecule has 0 fully saturated rings. The summed E-state index contributed by atoms with van der Waals surface area (Å²) in [5.74, 6) is -1.65. The zero-order valence-electron chi connectivity index (χ0n) is 8.80. The first kappa shape index (κ1) is 13.9. The van der Waals surface area contributed by atoms with Crippen molar-refractivity contribution in [1.29, 1.82) is 0 Å². The molecule has 0 spiro atoms. The number of aliphatic hydroxyl groups excluding tert-OH is 2. The van der Waals surface area contributed by atoms with E-state index in [4.69, 9.17) is 10.2 Å². The molecule has 0 radical (unpaired) electrons. The summed E-state index contributed by atoms with van der Waals surface area (Å²) < 4.78 is 0. The largest absolute Gasteiger partial charge is 0.393 e. The van der Waals surface area contributed by atoms with Gasteiger partial charge in [-0.1, -0.05) is 6.92 Å². The predicted molar refractivity (Wildman–Crippen MR) is 49.4 cm³/mol. The van der Waals surface area contributed by atoms with Gasteiger partial charge in [0.25, 0.3) is 0 Å². The van der Waals surface area contributed by atoms with Crippen molar-refractivity contribution in [2.75, 3.05) is 0 Å². The Morgan fingerprint density at radius 3 is 2.00 bits per heavy atom. The molecular formula is C9H16O6. The molecule has 0 amide bonds. The van der Waals surface area contributed by atoms with Gasteiger partial charge in [-0.15, -0.1) is 0 Å². The van der Waals surface area contributed by atoms with Gasteiger partial charge in [0.15, 0.2) is 0 Å². The van der Waals surface area contributed by atoms with E-state index in [1.165, 1.54) is 6.92 Å². The van der Waals surface area contributed by atoms with E-state index in [0.29, 0.717) is 6.42 Å². The molecule has 0 aromatic heterocycles. The molecule has 0 aliphatic heterocycles. The summed E-state index contributed by atoms with van der Waals surface area (Å²) in [6.45, 7) is 3.11. The number of hydrogen-bond acceptors (Lipinski definition) is 6. The minimum atomic E-state index is -0.850. The highest BCUT2D eigenvalue weighted by Crippen LogP contribution is 2.00. The molecule has 0 bridgehead atoms. The van der Waals surface area contributed by atoms with Gasteiger partial charge < -0.3 is 10.2 Å². The van der Waals surface area contributed by atoms with Gasteiger partial charge in [-0.25, -0.2) is 19.4 Å².